The van der Waals surface area contributed by atoms with Crippen LogP contribution in [0, 0.1) is 13.8 Å². The first-order chi connectivity index (χ1) is 12.0. The molecule has 1 aliphatic heterocycles. The van der Waals surface area contributed by atoms with E-state index in [-0.39, 0.29) is 5.75 Å². The quantitative estimate of drug-likeness (QED) is 0.836. The van der Waals surface area contributed by atoms with Crippen LogP contribution in [0.25, 0.3) is 0 Å². The Bertz CT molecular complexity index is 851. The summed E-state index contributed by atoms with van der Waals surface area (Å²) in [5, 5.41) is 13.2. The number of anilines is 1. The molecule has 0 bridgehead atoms. The molecule has 25 heavy (non-hydrogen) atoms. The lowest BCUT2D eigenvalue weighted by molar-refractivity contribution is -0.108. The predicted molar refractivity (Wildman–Crippen MR) is 96.1 cm³/mol. The molecule has 2 aromatic rings. The molecule has 1 atom stereocenters. The summed E-state index contributed by atoms with van der Waals surface area (Å²) in [6, 6.07) is 6.52. The number of ether oxygens (including phenoxy) is 2. The van der Waals surface area contributed by atoms with Crippen LogP contribution in [-0.4, -0.2) is 31.4 Å². The van der Waals surface area contributed by atoms with Gasteiger partial charge in [0.05, 0.1) is 19.9 Å². The molecule has 1 unspecified atom stereocenters. The Hall–Kier alpha value is -3.02. The molecule has 2 N–H and O–H groups in total. The Morgan fingerprint density at radius 2 is 1.80 bits per heavy atom. The average Bonchev–Trinajstić information content (AvgIpc) is 2.63. The molecule has 1 aliphatic rings. The van der Waals surface area contributed by atoms with Crippen molar-refractivity contribution < 1.29 is 19.4 Å². The number of amidine groups is 1. The number of phenols is 1. The van der Waals surface area contributed by atoms with E-state index in [1.165, 1.54) is 0 Å². The summed E-state index contributed by atoms with van der Waals surface area (Å²) in [6.07, 6.45) is 0.787. The third-order valence-electron chi connectivity index (χ3n) is 4.28. The Morgan fingerprint density at radius 1 is 1.12 bits per heavy atom. The molecule has 0 saturated heterocycles. The van der Waals surface area contributed by atoms with Crippen molar-refractivity contribution in [2.24, 2.45) is 4.99 Å². The van der Waals surface area contributed by atoms with E-state index in [0.717, 1.165) is 23.0 Å². The SMILES string of the molecule is COc1cc2c(c(OC)c1)C(C=O)N=C(c1cc(C)c(O)c(C)c1)N2. The van der Waals surface area contributed by atoms with Gasteiger partial charge in [-0.2, -0.15) is 0 Å². The van der Waals surface area contributed by atoms with Crippen molar-refractivity contribution >= 4 is 17.8 Å². The molecule has 3 rings (SSSR count). The van der Waals surface area contributed by atoms with Crippen LogP contribution in [0.5, 0.6) is 17.2 Å². The zero-order valence-electron chi connectivity index (χ0n) is 14.6. The minimum absolute atomic E-state index is 0.260. The van der Waals surface area contributed by atoms with E-state index in [4.69, 9.17) is 9.47 Å². The van der Waals surface area contributed by atoms with E-state index < -0.39 is 6.04 Å². The third kappa shape index (κ3) is 2.91. The topological polar surface area (TPSA) is 80.2 Å². The lowest BCUT2D eigenvalue weighted by Crippen LogP contribution is -2.23. The van der Waals surface area contributed by atoms with Gasteiger partial charge in [0.1, 0.15) is 35.4 Å². The van der Waals surface area contributed by atoms with E-state index in [1.54, 1.807) is 20.3 Å². The maximum Gasteiger partial charge on any atom is 0.149 e. The maximum absolute atomic E-state index is 11.6. The third-order valence-corrected chi connectivity index (χ3v) is 4.28. The molecular weight excluding hydrogens is 320 g/mol. The number of nitrogens with one attached hydrogen (secondary N) is 1. The monoisotopic (exact) mass is 340 g/mol. The summed E-state index contributed by atoms with van der Waals surface area (Å²) in [4.78, 5) is 16.2. The van der Waals surface area contributed by atoms with E-state index in [1.807, 2.05) is 32.0 Å². The second kappa shape index (κ2) is 6.47. The second-order valence-electron chi connectivity index (χ2n) is 5.93. The smallest absolute Gasteiger partial charge is 0.149 e. The zero-order chi connectivity index (χ0) is 18.1. The van der Waals surface area contributed by atoms with Crippen LogP contribution in [0.2, 0.25) is 0 Å². The highest BCUT2D eigenvalue weighted by Gasteiger charge is 2.27. The van der Waals surface area contributed by atoms with E-state index in [0.29, 0.717) is 28.6 Å². The first-order valence-electron chi connectivity index (χ1n) is 7.85. The second-order valence-corrected chi connectivity index (χ2v) is 5.93. The Balaban J connectivity index is 2.13. The van der Waals surface area contributed by atoms with Crippen LogP contribution in [0.1, 0.15) is 28.3 Å². The van der Waals surface area contributed by atoms with Gasteiger partial charge in [-0.25, -0.2) is 0 Å². The van der Waals surface area contributed by atoms with Gasteiger partial charge < -0.3 is 24.7 Å². The molecular formula is C19H20N2O4. The van der Waals surface area contributed by atoms with Crippen LogP contribution in [0.15, 0.2) is 29.3 Å². The molecule has 1 heterocycles. The van der Waals surface area contributed by atoms with E-state index in [9.17, 15) is 9.90 Å². The molecule has 6 heteroatoms. The number of methoxy groups -OCH3 is 2. The number of hydrogen-bond acceptors (Lipinski definition) is 6. The molecule has 0 aliphatic carbocycles. The highest BCUT2D eigenvalue weighted by atomic mass is 16.5. The van der Waals surface area contributed by atoms with Crippen molar-refractivity contribution in [2.75, 3.05) is 19.5 Å². The first kappa shape index (κ1) is 16.8. The van der Waals surface area contributed by atoms with Gasteiger partial charge in [0.2, 0.25) is 0 Å². The Morgan fingerprint density at radius 3 is 2.36 bits per heavy atom. The normalized spacial score (nSPS) is 15.7. The van der Waals surface area contributed by atoms with Gasteiger partial charge in [0, 0.05) is 23.3 Å². The van der Waals surface area contributed by atoms with Crippen LogP contribution in [0.3, 0.4) is 0 Å². The number of aliphatic imine (C=N–C) groups is 1. The molecule has 6 nitrogen and oxygen atoms in total. The van der Waals surface area contributed by atoms with Gasteiger partial charge in [0.15, 0.2) is 0 Å². The number of fused-ring (bicyclic) bond motifs is 1. The Kier molecular flexibility index (Phi) is 4.35. The van der Waals surface area contributed by atoms with Crippen molar-refractivity contribution in [1.82, 2.24) is 0 Å². The molecule has 0 amide bonds. The minimum Gasteiger partial charge on any atom is -0.507 e. The van der Waals surface area contributed by atoms with Gasteiger partial charge in [-0.1, -0.05) is 0 Å². The predicted octanol–water partition coefficient (Wildman–Crippen LogP) is 3.14. The van der Waals surface area contributed by atoms with Crippen LogP contribution in [-0.2, 0) is 4.79 Å². The number of rotatable bonds is 4. The first-order valence-corrected chi connectivity index (χ1v) is 7.85. The van der Waals surface area contributed by atoms with Crippen LogP contribution < -0.4 is 14.8 Å². The molecule has 0 fully saturated rings. The highest BCUT2D eigenvalue weighted by Crippen LogP contribution is 2.40. The fraction of sp³-hybridized carbons (Fsp3) is 0.263. The van der Waals surface area contributed by atoms with Crippen LogP contribution in [0.4, 0.5) is 5.69 Å². The van der Waals surface area contributed by atoms with E-state index >= 15 is 0 Å². The van der Waals surface area contributed by atoms with Crippen molar-refractivity contribution in [1.29, 1.82) is 0 Å². The van der Waals surface area contributed by atoms with Crippen LogP contribution >= 0.6 is 0 Å². The molecule has 0 saturated carbocycles. The number of aryl methyl sites for hydroxylation is 2. The number of phenolic OH excluding ortho intramolecular Hbond substituents is 1. The molecule has 0 spiro atoms. The number of benzene rings is 2. The van der Waals surface area contributed by atoms with Gasteiger partial charge >= 0.3 is 0 Å². The largest absolute Gasteiger partial charge is 0.507 e. The fourth-order valence-corrected chi connectivity index (χ4v) is 3.00. The molecule has 2 aromatic carbocycles. The summed E-state index contributed by atoms with van der Waals surface area (Å²) < 4.78 is 10.7. The standard InChI is InChI=1S/C19H20N2O4/c1-10-5-12(6-11(2)18(10)23)19-20-14-7-13(24-3)8-16(25-4)17(14)15(9-22)21-19/h5-9,15,23H,1-4H3,(H,20,21). The summed E-state index contributed by atoms with van der Waals surface area (Å²) in [5.41, 5.74) is 3.68. The van der Waals surface area contributed by atoms with Crippen molar-refractivity contribution in [3.8, 4) is 17.2 Å². The van der Waals surface area contributed by atoms with Gasteiger partial charge in [-0.05, 0) is 37.1 Å². The number of carbonyl (C=O) groups is 1. The summed E-state index contributed by atoms with van der Waals surface area (Å²) in [5.74, 6) is 1.98. The molecule has 0 aromatic heterocycles. The summed E-state index contributed by atoms with van der Waals surface area (Å²) in [6.45, 7) is 3.65. The number of hydrogen-bond donors (Lipinski definition) is 2. The molecule has 130 valence electrons. The van der Waals surface area contributed by atoms with Crippen molar-refractivity contribution in [2.45, 2.75) is 19.9 Å². The number of aromatic hydroxyl groups is 1. The lowest BCUT2D eigenvalue weighted by Gasteiger charge is -2.25. The lowest BCUT2D eigenvalue weighted by atomic mass is 9.99. The minimum atomic E-state index is -0.679. The van der Waals surface area contributed by atoms with Crippen molar-refractivity contribution in [3.05, 3.63) is 46.5 Å². The number of carbonyl (C=O) groups excluding carboxylic acids is 1. The number of nitrogens with zero attached hydrogens (tertiary/aromatic N) is 1. The zero-order valence-corrected chi connectivity index (χ0v) is 14.6. The fourth-order valence-electron chi connectivity index (χ4n) is 3.00. The van der Waals surface area contributed by atoms with E-state index in [2.05, 4.69) is 10.3 Å². The summed E-state index contributed by atoms with van der Waals surface area (Å²) >= 11 is 0. The Labute approximate surface area is 146 Å². The highest BCUT2D eigenvalue weighted by molar-refractivity contribution is 6.11. The summed E-state index contributed by atoms with van der Waals surface area (Å²) in [7, 11) is 3.12. The van der Waals surface area contributed by atoms with Gasteiger partial charge in [-0.3, -0.25) is 4.99 Å². The molecule has 0 radical (unpaired) electrons. The number of aldehydes is 1. The maximum atomic E-state index is 11.6. The van der Waals surface area contributed by atoms with Gasteiger partial charge in [-0.15, -0.1) is 0 Å². The average molecular weight is 340 g/mol. The van der Waals surface area contributed by atoms with Gasteiger partial charge in [0.25, 0.3) is 0 Å². The van der Waals surface area contributed by atoms with Crippen molar-refractivity contribution in [3.63, 3.8) is 0 Å².